The maximum atomic E-state index is 12.7. The molecule has 2 heterocycles. The lowest BCUT2D eigenvalue weighted by atomic mass is 10.0. The average Bonchev–Trinajstić information content (AvgIpc) is 2.53. The lowest BCUT2D eigenvalue weighted by Gasteiger charge is -2.28. The summed E-state index contributed by atoms with van der Waals surface area (Å²) in [6.07, 6.45) is -2.46. The Morgan fingerprint density at radius 2 is 2.00 bits per heavy atom. The molecule has 25 heavy (non-hydrogen) atoms. The van der Waals surface area contributed by atoms with Crippen molar-refractivity contribution in [2.45, 2.75) is 19.1 Å². The van der Waals surface area contributed by atoms with Crippen molar-refractivity contribution in [1.82, 2.24) is 9.88 Å². The third-order valence-corrected chi connectivity index (χ3v) is 4.24. The van der Waals surface area contributed by atoms with Crippen LogP contribution >= 0.6 is 11.6 Å². The van der Waals surface area contributed by atoms with Gasteiger partial charge in [0.25, 0.3) is 0 Å². The van der Waals surface area contributed by atoms with Crippen LogP contribution in [0.2, 0.25) is 5.02 Å². The first-order valence-electron chi connectivity index (χ1n) is 7.37. The number of pyridine rings is 1. The zero-order valence-electron chi connectivity index (χ0n) is 12.8. The van der Waals surface area contributed by atoms with Gasteiger partial charge in [-0.1, -0.05) is 11.6 Å². The minimum atomic E-state index is -4.55. The van der Waals surface area contributed by atoms with Gasteiger partial charge < -0.3 is 15.2 Å². The van der Waals surface area contributed by atoms with Crippen molar-refractivity contribution < 1.29 is 18.0 Å². The minimum absolute atomic E-state index is 0.176. The number of aromatic nitrogens is 1. The van der Waals surface area contributed by atoms with Crippen LogP contribution < -0.4 is 10.9 Å². The first-order valence-corrected chi connectivity index (χ1v) is 7.75. The molecule has 0 saturated carbocycles. The molecule has 5 nitrogen and oxygen atoms in total. The van der Waals surface area contributed by atoms with Crippen LogP contribution in [-0.2, 0) is 19.1 Å². The summed E-state index contributed by atoms with van der Waals surface area (Å²) in [5, 5.41) is 2.06. The Labute approximate surface area is 145 Å². The third kappa shape index (κ3) is 3.79. The van der Waals surface area contributed by atoms with Crippen LogP contribution in [0.5, 0.6) is 0 Å². The molecule has 0 aliphatic carbocycles. The molecule has 0 radical (unpaired) electrons. The Hall–Kier alpha value is -2.48. The monoisotopic (exact) mass is 371 g/mol. The van der Waals surface area contributed by atoms with E-state index >= 15 is 0 Å². The molecule has 0 unspecified atom stereocenters. The van der Waals surface area contributed by atoms with E-state index in [0.29, 0.717) is 19.5 Å². The van der Waals surface area contributed by atoms with E-state index in [-0.39, 0.29) is 11.2 Å². The molecule has 0 bridgehead atoms. The molecule has 0 fully saturated rings. The Morgan fingerprint density at radius 1 is 1.24 bits per heavy atom. The predicted octanol–water partition coefficient (Wildman–Crippen LogP) is 3.64. The van der Waals surface area contributed by atoms with Gasteiger partial charge in [-0.15, -0.1) is 0 Å². The number of fused-ring (bicyclic) bond motifs is 1. The van der Waals surface area contributed by atoms with E-state index in [0.717, 1.165) is 29.3 Å². The molecule has 1 aliphatic rings. The molecule has 1 aliphatic heterocycles. The van der Waals surface area contributed by atoms with Gasteiger partial charge in [-0.05, 0) is 35.7 Å². The fraction of sp³-hybridized carbons (Fsp3) is 0.250. The first-order chi connectivity index (χ1) is 11.7. The van der Waals surface area contributed by atoms with Crippen molar-refractivity contribution in [1.29, 1.82) is 0 Å². The molecular weight excluding hydrogens is 359 g/mol. The van der Waals surface area contributed by atoms with Crippen LogP contribution in [-0.4, -0.2) is 22.5 Å². The van der Waals surface area contributed by atoms with E-state index in [4.69, 9.17) is 11.6 Å². The fourth-order valence-electron chi connectivity index (χ4n) is 2.66. The Morgan fingerprint density at radius 3 is 2.68 bits per heavy atom. The summed E-state index contributed by atoms with van der Waals surface area (Å²) in [5.74, 6) is 0. The molecule has 2 aromatic rings. The molecule has 132 valence electrons. The van der Waals surface area contributed by atoms with Crippen molar-refractivity contribution in [2.75, 3.05) is 11.9 Å². The van der Waals surface area contributed by atoms with E-state index in [1.165, 1.54) is 11.0 Å². The highest BCUT2D eigenvalue weighted by atomic mass is 35.5. The number of benzene rings is 1. The normalized spacial score (nSPS) is 14.2. The molecule has 3 rings (SSSR count). The zero-order valence-corrected chi connectivity index (χ0v) is 13.5. The molecule has 9 heteroatoms. The van der Waals surface area contributed by atoms with Gasteiger partial charge in [0.1, 0.15) is 0 Å². The SMILES string of the molecule is O=C(Nc1ccc(C(F)(F)F)c(Cl)c1)N1CCc2cc(=O)[nH]cc2C1. The highest BCUT2D eigenvalue weighted by Crippen LogP contribution is 2.35. The fourth-order valence-corrected chi connectivity index (χ4v) is 2.95. The molecule has 2 N–H and O–H groups in total. The summed E-state index contributed by atoms with van der Waals surface area (Å²) >= 11 is 5.65. The van der Waals surface area contributed by atoms with Crippen LogP contribution in [0.1, 0.15) is 16.7 Å². The van der Waals surface area contributed by atoms with Crippen molar-refractivity contribution in [3.05, 3.63) is 62.5 Å². The van der Waals surface area contributed by atoms with Crippen molar-refractivity contribution in [2.24, 2.45) is 0 Å². The van der Waals surface area contributed by atoms with Gasteiger partial charge in [-0.3, -0.25) is 4.79 Å². The van der Waals surface area contributed by atoms with Gasteiger partial charge in [0.2, 0.25) is 5.56 Å². The summed E-state index contributed by atoms with van der Waals surface area (Å²) < 4.78 is 38.1. The van der Waals surface area contributed by atoms with Crippen LogP contribution in [0.25, 0.3) is 0 Å². The lowest BCUT2D eigenvalue weighted by molar-refractivity contribution is -0.137. The summed E-state index contributed by atoms with van der Waals surface area (Å²) in [6.45, 7) is 0.697. The number of hydrogen-bond acceptors (Lipinski definition) is 2. The number of carbonyl (C=O) groups excluding carboxylic acids is 1. The van der Waals surface area contributed by atoms with Gasteiger partial charge in [-0.2, -0.15) is 13.2 Å². The second-order valence-electron chi connectivity index (χ2n) is 5.64. The van der Waals surface area contributed by atoms with Crippen molar-refractivity contribution >= 4 is 23.3 Å². The standard InChI is InChI=1S/C16H13ClF3N3O2/c17-13-6-11(1-2-12(13)16(18,19)20)22-15(25)23-4-3-9-5-14(24)21-7-10(9)8-23/h1-2,5-7H,3-4,8H2,(H,21,24)(H,22,25). The molecule has 0 spiro atoms. The van der Waals surface area contributed by atoms with E-state index in [9.17, 15) is 22.8 Å². The van der Waals surface area contributed by atoms with Gasteiger partial charge in [0.05, 0.1) is 10.6 Å². The van der Waals surface area contributed by atoms with Gasteiger partial charge in [0, 0.05) is 31.0 Å². The second-order valence-corrected chi connectivity index (χ2v) is 6.05. The third-order valence-electron chi connectivity index (χ3n) is 3.93. The number of anilines is 1. The Bertz CT molecular complexity index is 880. The van der Waals surface area contributed by atoms with Gasteiger partial charge >= 0.3 is 12.2 Å². The lowest BCUT2D eigenvalue weighted by Crippen LogP contribution is -2.39. The molecule has 0 atom stereocenters. The number of amides is 2. The van der Waals surface area contributed by atoms with E-state index in [2.05, 4.69) is 10.3 Å². The second kappa shape index (κ2) is 6.44. The van der Waals surface area contributed by atoms with E-state index in [1.54, 1.807) is 6.20 Å². The van der Waals surface area contributed by atoms with Crippen LogP contribution in [0.3, 0.4) is 0 Å². The first kappa shape index (κ1) is 17.3. The zero-order chi connectivity index (χ0) is 18.2. The maximum absolute atomic E-state index is 12.7. The largest absolute Gasteiger partial charge is 0.417 e. The summed E-state index contributed by atoms with van der Waals surface area (Å²) in [4.78, 5) is 27.7. The smallest absolute Gasteiger partial charge is 0.329 e. The quantitative estimate of drug-likeness (QED) is 0.803. The van der Waals surface area contributed by atoms with Gasteiger partial charge in [0.15, 0.2) is 0 Å². The number of carbonyl (C=O) groups is 1. The number of aromatic amines is 1. The highest BCUT2D eigenvalue weighted by Gasteiger charge is 2.33. The number of hydrogen-bond donors (Lipinski definition) is 2. The molecule has 2 amide bonds. The molecule has 1 aromatic heterocycles. The van der Waals surface area contributed by atoms with Crippen molar-refractivity contribution in [3.8, 4) is 0 Å². The number of nitrogens with one attached hydrogen (secondary N) is 2. The Kier molecular flexibility index (Phi) is 4.47. The summed E-state index contributed by atoms with van der Waals surface area (Å²) in [6, 6.07) is 4.10. The number of H-pyrrole nitrogens is 1. The van der Waals surface area contributed by atoms with E-state index in [1.807, 2.05) is 0 Å². The number of urea groups is 1. The van der Waals surface area contributed by atoms with E-state index < -0.39 is 22.8 Å². The number of nitrogens with zero attached hydrogens (tertiary/aromatic N) is 1. The number of rotatable bonds is 1. The van der Waals surface area contributed by atoms with Crippen LogP contribution in [0.4, 0.5) is 23.7 Å². The number of alkyl halides is 3. The summed E-state index contributed by atoms with van der Waals surface area (Å²) in [5.41, 5.74) is 0.728. The average molecular weight is 372 g/mol. The molecular formula is C16H13ClF3N3O2. The van der Waals surface area contributed by atoms with Gasteiger partial charge in [-0.25, -0.2) is 4.79 Å². The van der Waals surface area contributed by atoms with Crippen LogP contribution in [0, 0.1) is 0 Å². The molecule has 0 saturated heterocycles. The Balaban J connectivity index is 1.72. The predicted molar refractivity (Wildman–Crippen MR) is 86.6 cm³/mol. The minimum Gasteiger partial charge on any atom is -0.329 e. The van der Waals surface area contributed by atoms with Crippen LogP contribution in [0.15, 0.2) is 35.3 Å². The highest BCUT2D eigenvalue weighted by molar-refractivity contribution is 6.31. The molecule has 1 aromatic carbocycles. The maximum Gasteiger partial charge on any atom is 0.417 e. The van der Waals surface area contributed by atoms with Crippen molar-refractivity contribution in [3.63, 3.8) is 0 Å². The summed E-state index contributed by atoms with van der Waals surface area (Å²) in [7, 11) is 0. The number of halogens is 4. The topological polar surface area (TPSA) is 65.2 Å².